The number of nitrogens with zero attached hydrogens (tertiary/aromatic N) is 3. The van der Waals surface area contributed by atoms with E-state index in [0.29, 0.717) is 38.4 Å². The predicted octanol–water partition coefficient (Wildman–Crippen LogP) is 2.23. The Bertz CT molecular complexity index is 597. The van der Waals surface area contributed by atoms with Crippen LogP contribution in [0, 0.1) is 11.6 Å². The second-order valence-corrected chi connectivity index (χ2v) is 6.40. The van der Waals surface area contributed by atoms with Crippen LogP contribution in [-0.2, 0) is 4.74 Å². The molecule has 1 atom stereocenters. The van der Waals surface area contributed by atoms with Crippen molar-refractivity contribution in [3.05, 3.63) is 29.8 Å². The van der Waals surface area contributed by atoms with Gasteiger partial charge in [0.25, 0.3) is 0 Å². The summed E-state index contributed by atoms with van der Waals surface area (Å²) in [7, 11) is 0. The Kier molecular flexibility index (Phi) is 6.07. The van der Waals surface area contributed by atoms with Gasteiger partial charge in [-0.05, 0) is 31.9 Å². The molecule has 1 aromatic carbocycles. The van der Waals surface area contributed by atoms with E-state index in [1.54, 1.807) is 0 Å². The normalized spacial score (nSPS) is 21.7. The van der Waals surface area contributed by atoms with Crippen LogP contribution >= 0.6 is 0 Å². The van der Waals surface area contributed by atoms with Gasteiger partial charge in [0, 0.05) is 45.4 Å². The van der Waals surface area contributed by atoms with E-state index in [1.165, 1.54) is 12.1 Å². The molecule has 1 unspecified atom stereocenters. The predicted molar refractivity (Wildman–Crippen MR) is 95.1 cm³/mol. The van der Waals surface area contributed by atoms with E-state index in [0.717, 1.165) is 38.0 Å². The van der Waals surface area contributed by atoms with E-state index < -0.39 is 5.82 Å². The summed E-state index contributed by atoms with van der Waals surface area (Å²) < 4.78 is 33.0. The fourth-order valence-electron chi connectivity index (χ4n) is 3.29. The van der Waals surface area contributed by atoms with Crippen LogP contribution in [0.4, 0.5) is 14.5 Å². The molecule has 138 valence electrons. The molecule has 2 aliphatic heterocycles. The van der Waals surface area contributed by atoms with Crippen molar-refractivity contribution in [2.75, 3.05) is 50.8 Å². The highest BCUT2D eigenvalue weighted by atomic mass is 19.1. The molecular weight excluding hydrogens is 326 g/mol. The summed E-state index contributed by atoms with van der Waals surface area (Å²) in [6.07, 6.45) is 2.39. The van der Waals surface area contributed by atoms with Crippen LogP contribution in [0.1, 0.15) is 19.8 Å². The lowest BCUT2D eigenvalue weighted by Gasteiger charge is -2.37. The molecule has 2 aliphatic rings. The fraction of sp³-hybridized carbons (Fsp3) is 0.611. The third-order valence-electron chi connectivity index (χ3n) is 4.63. The molecule has 0 amide bonds. The zero-order chi connectivity index (χ0) is 17.6. The number of halogens is 2. The van der Waals surface area contributed by atoms with Crippen molar-refractivity contribution >= 4 is 11.6 Å². The molecular formula is C18H26F2N4O. The molecule has 2 fully saturated rings. The van der Waals surface area contributed by atoms with Gasteiger partial charge in [-0.15, -0.1) is 0 Å². The number of piperazine rings is 1. The second kappa shape index (κ2) is 8.47. The minimum absolute atomic E-state index is 0.219. The zero-order valence-electron chi connectivity index (χ0n) is 14.7. The van der Waals surface area contributed by atoms with Gasteiger partial charge in [0.1, 0.15) is 11.6 Å². The molecule has 0 aromatic heterocycles. The number of benzene rings is 1. The summed E-state index contributed by atoms with van der Waals surface area (Å²) in [6.45, 7) is 7.02. The quantitative estimate of drug-likeness (QED) is 0.666. The van der Waals surface area contributed by atoms with Gasteiger partial charge >= 0.3 is 0 Å². The van der Waals surface area contributed by atoms with Gasteiger partial charge in [-0.1, -0.05) is 0 Å². The van der Waals surface area contributed by atoms with E-state index in [2.05, 4.69) is 10.2 Å². The molecule has 2 saturated heterocycles. The van der Waals surface area contributed by atoms with Crippen molar-refractivity contribution in [3.63, 3.8) is 0 Å². The van der Waals surface area contributed by atoms with Crippen LogP contribution in [0.2, 0.25) is 0 Å². The van der Waals surface area contributed by atoms with Crippen LogP contribution in [0.15, 0.2) is 23.2 Å². The third-order valence-corrected chi connectivity index (χ3v) is 4.63. The van der Waals surface area contributed by atoms with Crippen molar-refractivity contribution in [2.24, 2.45) is 4.99 Å². The summed E-state index contributed by atoms with van der Waals surface area (Å²) in [5.41, 5.74) is 0.334. The van der Waals surface area contributed by atoms with Gasteiger partial charge in [-0.3, -0.25) is 4.99 Å². The molecule has 1 aromatic rings. The zero-order valence-corrected chi connectivity index (χ0v) is 14.7. The lowest BCUT2D eigenvalue weighted by molar-refractivity contribution is 0.117. The van der Waals surface area contributed by atoms with E-state index in [1.807, 2.05) is 11.8 Å². The maximum Gasteiger partial charge on any atom is 0.194 e. The molecule has 0 bridgehead atoms. The number of hydrogen-bond donors (Lipinski definition) is 1. The average Bonchev–Trinajstić information content (AvgIpc) is 3.14. The summed E-state index contributed by atoms with van der Waals surface area (Å²) in [5, 5.41) is 3.32. The van der Waals surface area contributed by atoms with Crippen molar-refractivity contribution < 1.29 is 13.5 Å². The fourth-order valence-corrected chi connectivity index (χ4v) is 3.29. The van der Waals surface area contributed by atoms with E-state index in [-0.39, 0.29) is 11.9 Å². The Morgan fingerprint density at radius 2 is 2.08 bits per heavy atom. The maximum atomic E-state index is 14.0. The number of ether oxygens (including phenoxy) is 1. The Morgan fingerprint density at radius 3 is 2.76 bits per heavy atom. The summed E-state index contributed by atoms with van der Waals surface area (Å²) in [6, 6.07) is 3.60. The number of anilines is 1. The number of hydrogen-bond acceptors (Lipinski definition) is 3. The molecule has 5 nitrogen and oxygen atoms in total. The smallest absolute Gasteiger partial charge is 0.194 e. The molecule has 2 heterocycles. The molecule has 0 aliphatic carbocycles. The lowest BCUT2D eigenvalue weighted by Crippen LogP contribution is -2.53. The first-order chi connectivity index (χ1) is 12.2. The van der Waals surface area contributed by atoms with Crippen LogP contribution in [0.3, 0.4) is 0 Å². The third kappa shape index (κ3) is 4.60. The number of guanidine groups is 1. The van der Waals surface area contributed by atoms with E-state index in [4.69, 9.17) is 9.73 Å². The minimum Gasteiger partial charge on any atom is -0.376 e. The largest absolute Gasteiger partial charge is 0.376 e. The Hall–Kier alpha value is -1.89. The van der Waals surface area contributed by atoms with E-state index >= 15 is 0 Å². The number of nitrogens with one attached hydrogen (secondary N) is 1. The van der Waals surface area contributed by atoms with Gasteiger partial charge in [-0.2, -0.15) is 0 Å². The standard InChI is InChI=1S/C18H26F2N4O/c1-2-21-18(22-13-15-4-3-11-25-15)24-9-7-23(8-10-24)17-12-14(19)5-6-16(17)20/h5-6,12,15H,2-4,7-11,13H2,1H3,(H,21,22). The minimum atomic E-state index is -0.412. The van der Waals surface area contributed by atoms with Crippen LogP contribution in [-0.4, -0.2) is 62.8 Å². The molecule has 3 rings (SSSR count). The molecule has 25 heavy (non-hydrogen) atoms. The molecule has 1 N–H and O–H groups in total. The number of aliphatic imine (C=N–C) groups is 1. The van der Waals surface area contributed by atoms with Gasteiger partial charge in [0.2, 0.25) is 0 Å². The summed E-state index contributed by atoms with van der Waals surface area (Å²) >= 11 is 0. The molecule has 7 heteroatoms. The van der Waals surface area contributed by atoms with Gasteiger partial charge in [0.05, 0.1) is 18.3 Å². The van der Waals surface area contributed by atoms with Crippen molar-refractivity contribution in [2.45, 2.75) is 25.9 Å². The Morgan fingerprint density at radius 1 is 1.28 bits per heavy atom. The van der Waals surface area contributed by atoms with Crippen molar-refractivity contribution in [1.29, 1.82) is 0 Å². The molecule has 0 spiro atoms. The first-order valence-electron chi connectivity index (χ1n) is 9.02. The highest BCUT2D eigenvalue weighted by Crippen LogP contribution is 2.22. The lowest BCUT2D eigenvalue weighted by atomic mass is 10.2. The average molecular weight is 352 g/mol. The van der Waals surface area contributed by atoms with Crippen molar-refractivity contribution in [3.8, 4) is 0 Å². The first kappa shape index (κ1) is 17.9. The van der Waals surface area contributed by atoms with Crippen LogP contribution in [0.5, 0.6) is 0 Å². The molecule has 0 radical (unpaired) electrons. The van der Waals surface area contributed by atoms with Gasteiger partial charge < -0.3 is 19.9 Å². The van der Waals surface area contributed by atoms with E-state index in [9.17, 15) is 8.78 Å². The monoisotopic (exact) mass is 352 g/mol. The Balaban J connectivity index is 1.60. The summed E-state index contributed by atoms with van der Waals surface area (Å²) in [4.78, 5) is 8.76. The Labute approximate surface area is 147 Å². The summed E-state index contributed by atoms with van der Waals surface area (Å²) in [5.74, 6) is 0.0801. The highest BCUT2D eigenvalue weighted by Gasteiger charge is 2.23. The first-order valence-corrected chi connectivity index (χ1v) is 9.02. The van der Waals surface area contributed by atoms with Crippen LogP contribution < -0.4 is 10.2 Å². The molecule has 0 saturated carbocycles. The number of rotatable bonds is 4. The van der Waals surface area contributed by atoms with Crippen molar-refractivity contribution in [1.82, 2.24) is 10.2 Å². The second-order valence-electron chi connectivity index (χ2n) is 6.40. The van der Waals surface area contributed by atoms with Gasteiger partial charge in [0.15, 0.2) is 5.96 Å². The van der Waals surface area contributed by atoms with Crippen LogP contribution in [0.25, 0.3) is 0 Å². The maximum absolute atomic E-state index is 14.0. The topological polar surface area (TPSA) is 40.1 Å². The van der Waals surface area contributed by atoms with Gasteiger partial charge in [-0.25, -0.2) is 8.78 Å². The SMILES string of the molecule is CCNC(=NCC1CCCO1)N1CCN(c2cc(F)ccc2F)CC1. The highest BCUT2D eigenvalue weighted by molar-refractivity contribution is 5.80.